The van der Waals surface area contributed by atoms with Gasteiger partial charge in [0.05, 0.1) is 0 Å². The molecular formula is C28H30ClNO2. The first-order valence-electron chi connectivity index (χ1n) is 11.1. The zero-order valence-corrected chi connectivity index (χ0v) is 19.9. The van der Waals surface area contributed by atoms with Crippen molar-refractivity contribution >= 4 is 23.2 Å². The standard InChI is InChI=1S/C28H30ClNO2/c1-5-20-10-16-23(17-11-20)32-18-26(31)30-25-9-7-6-8-24(25)28(4,19-27(30,2)3)21-12-14-22(29)15-13-21/h6-17H,5,18-19H2,1-4H3/t28-/m1/s1. The Morgan fingerprint density at radius 3 is 2.28 bits per heavy atom. The maximum absolute atomic E-state index is 13.4. The summed E-state index contributed by atoms with van der Waals surface area (Å²) in [5.74, 6) is 0.671. The van der Waals surface area contributed by atoms with E-state index in [4.69, 9.17) is 16.3 Å². The predicted molar refractivity (Wildman–Crippen MR) is 132 cm³/mol. The highest BCUT2D eigenvalue weighted by Crippen LogP contribution is 2.50. The molecule has 1 heterocycles. The summed E-state index contributed by atoms with van der Waals surface area (Å²) in [4.78, 5) is 15.4. The van der Waals surface area contributed by atoms with Crippen molar-refractivity contribution in [3.8, 4) is 5.75 Å². The molecule has 0 N–H and O–H groups in total. The molecular weight excluding hydrogens is 418 g/mol. The molecule has 166 valence electrons. The molecule has 0 radical (unpaired) electrons. The smallest absolute Gasteiger partial charge is 0.265 e. The lowest BCUT2D eigenvalue weighted by molar-refractivity contribution is -0.121. The van der Waals surface area contributed by atoms with Crippen molar-refractivity contribution in [3.63, 3.8) is 0 Å². The van der Waals surface area contributed by atoms with Gasteiger partial charge in [-0.15, -0.1) is 0 Å². The maximum Gasteiger partial charge on any atom is 0.265 e. The van der Waals surface area contributed by atoms with Crippen molar-refractivity contribution in [1.29, 1.82) is 0 Å². The van der Waals surface area contributed by atoms with E-state index in [-0.39, 0.29) is 17.9 Å². The molecule has 32 heavy (non-hydrogen) atoms. The number of carbonyl (C=O) groups excluding carboxylic acids is 1. The largest absolute Gasteiger partial charge is 0.484 e. The van der Waals surface area contributed by atoms with Crippen LogP contribution in [-0.2, 0) is 16.6 Å². The molecule has 0 unspecified atom stereocenters. The number of halogens is 1. The molecule has 0 spiro atoms. The first-order chi connectivity index (χ1) is 15.2. The van der Waals surface area contributed by atoms with Crippen LogP contribution in [0.1, 0.15) is 50.8 Å². The molecule has 0 saturated heterocycles. The van der Waals surface area contributed by atoms with Gasteiger partial charge in [-0.1, -0.05) is 67.9 Å². The maximum atomic E-state index is 13.4. The Morgan fingerprint density at radius 2 is 1.62 bits per heavy atom. The number of amides is 1. The summed E-state index contributed by atoms with van der Waals surface area (Å²) in [5, 5.41) is 0.724. The lowest BCUT2D eigenvalue weighted by Crippen LogP contribution is -2.57. The van der Waals surface area contributed by atoms with Crippen LogP contribution in [0, 0.1) is 0 Å². The number of para-hydroxylation sites is 1. The van der Waals surface area contributed by atoms with E-state index in [1.165, 1.54) is 11.1 Å². The second-order valence-electron chi connectivity index (χ2n) is 9.36. The number of hydrogen-bond acceptors (Lipinski definition) is 2. The Balaban J connectivity index is 1.66. The number of ether oxygens (including phenoxy) is 1. The van der Waals surface area contributed by atoms with E-state index in [1.54, 1.807) is 0 Å². The zero-order valence-electron chi connectivity index (χ0n) is 19.2. The summed E-state index contributed by atoms with van der Waals surface area (Å²) in [7, 11) is 0. The SMILES string of the molecule is CCc1ccc(OCC(=O)N2c3ccccc3[C@@](C)(c3ccc(Cl)cc3)CC2(C)C)cc1. The van der Waals surface area contributed by atoms with E-state index >= 15 is 0 Å². The summed E-state index contributed by atoms with van der Waals surface area (Å²) in [5.41, 5.74) is 3.89. The second-order valence-corrected chi connectivity index (χ2v) is 9.80. The fourth-order valence-electron chi connectivity index (χ4n) is 5.08. The van der Waals surface area contributed by atoms with Crippen LogP contribution in [0.2, 0.25) is 5.02 Å². The lowest BCUT2D eigenvalue weighted by atomic mass is 9.65. The van der Waals surface area contributed by atoms with E-state index in [0.717, 1.165) is 29.1 Å². The van der Waals surface area contributed by atoms with Crippen LogP contribution in [0.4, 0.5) is 5.69 Å². The third-order valence-electron chi connectivity index (χ3n) is 6.56. The van der Waals surface area contributed by atoms with Gasteiger partial charge in [0.2, 0.25) is 0 Å². The van der Waals surface area contributed by atoms with Crippen LogP contribution < -0.4 is 9.64 Å². The van der Waals surface area contributed by atoms with Crippen LogP contribution in [0.5, 0.6) is 5.75 Å². The van der Waals surface area contributed by atoms with Crippen molar-refractivity contribution in [2.45, 2.75) is 51.5 Å². The van der Waals surface area contributed by atoms with Gasteiger partial charge in [-0.2, -0.15) is 0 Å². The molecule has 0 saturated carbocycles. The molecule has 3 aromatic rings. The fourth-order valence-corrected chi connectivity index (χ4v) is 5.21. The Kier molecular flexibility index (Phi) is 6.05. The van der Waals surface area contributed by atoms with Gasteiger partial charge in [0, 0.05) is 21.7 Å². The molecule has 3 aromatic carbocycles. The van der Waals surface area contributed by atoms with Gasteiger partial charge in [-0.05, 0) is 73.7 Å². The number of hydrogen-bond donors (Lipinski definition) is 0. The lowest BCUT2D eigenvalue weighted by Gasteiger charge is -2.51. The number of fused-ring (bicyclic) bond motifs is 1. The minimum Gasteiger partial charge on any atom is -0.484 e. The zero-order chi connectivity index (χ0) is 22.9. The highest BCUT2D eigenvalue weighted by Gasteiger charge is 2.47. The van der Waals surface area contributed by atoms with Crippen molar-refractivity contribution in [1.82, 2.24) is 0 Å². The van der Waals surface area contributed by atoms with Crippen LogP contribution in [-0.4, -0.2) is 18.1 Å². The molecule has 0 aromatic heterocycles. The molecule has 1 atom stereocenters. The number of rotatable bonds is 5. The van der Waals surface area contributed by atoms with Crippen molar-refractivity contribution in [2.75, 3.05) is 11.5 Å². The average molecular weight is 448 g/mol. The Hall–Kier alpha value is -2.78. The van der Waals surface area contributed by atoms with Crippen LogP contribution >= 0.6 is 11.6 Å². The molecule has 0 aliphatic carbocycles. The third kappa shape index (κ3) is 4.14. The van der Waals surface area contributed by atoms with Crippen molar-refractivity contribution < 1.29 is 9.53 Å². The van der Waals surface area contributed by atoms with E-state index in [2.05, 4.69) is 45.9 Å². The van der Waals surface area contributed by atoms with E-state index < -0.39 is 5.54 Å². The summed E-state index contributed by atoms with van der Waals surface area (Å²) in [6.07, 6.45) is 1.76. The first-order valence-corrected chi connectivity index (χ1v) is 11.5. The summed E-state index contributed by atoms with van der Waals surface area (Å²) in [6.45, 7) is 8.63. The number of anilines is 1. The minimum absolute atomic E-state index is 0.000888. The number of aryl methyl sites for hydroxylation is 1. The van der Waals surface area contributed by atoms with E-state index in [9.17, 15) is 4.79 Å². The van der Waals surface area contributed by atoms with Crippen LogP contribution in [0.25, 0.3) is 0 Å². The molecule has 4 heteroatoms. The topological polar surface area (TPSA) is 29.5 Å². The molecule has 1 aliphatic heterocycles. The fraction of sp³-hybridized carbons (Fsp3) is 0.321. The Morgan fingerprint density at radius 1 is 0.969 bits per heavy atom. The molecule has 0 fully saturated rings. The van der Waals surface area contributed by atoms with Crippen LogP contribution in [0.3, 0.4) is 0 Å². The van der Waals surface area contributed by atoms with E-state index in [0.29, 0.717) is 5.75 Å². The molecule has 1 aliphatic rings. The van der Waals surface area contributed by atoms with Crippen molar-refractivity contribution in [3.05, 3.63) is 94.5 Å². The monoisotopic (exact) mass is 447 g/mol. The Bertz CT molecular complexity index is 1110. The summed E-state index contributed by atoms with van der Waals surface area (Å²) in [6, 6.07) is 24.2. The van der Waals surface area contributed by atoms with E-state index in [1.807, 2.05) is 59.5 Å². The predicted octanol–water partition coefficient (Wildman–Crippen LogP) is 6.80. The van der Waals surface area contributed by atoms with Gasteiger partial charge in [0.1, 0.15) is 5.75 Å². The first kappa shape index (κ1) is 22.4. The summed E-state index contributed by atoms with van der Waals surface area (Å²) < 4.78 is 5.87. The number of carbonyl (C=O) groups is 1. The van der Waals surface area contributed by atoms with Crippen LogP contribution in [0.15, 0.2) is 72.8 Å². The van der Waals surface area contributed by atoms with Gasteiger partial charge < -0.3 is 9.64 Å². The van der Waals surface area contributed by atoms with Gasteiger partial charge in [-0.25, -0.2) is 0 Å². The quantitative estimate of drug-likeness (QED) is 0.430. The number of benzene rings is 3. The Labute approximate surface area is 196 Å². The van der Waals surface area contributed by atoms with Crippen molar-refractivity contribution in [2.24, 2.45) is 0 Å². The highest BCUT2D eigenvalue weighted by molar-refractivity contribution is 6.30. The van der Waals surface area contributed by atoms with Gasteiger partial charge in [0.15, 0.2) is 6.61 Å². The minimum atomic E-state index is -0.394. The highest BCUT2D eigenvalue weighted by atomic mass is 35.5. The van der Waals surface area contributed by atoms with Gasteiger partial charge in [0.25, 0.3) is 5.91 Å². The molecule has 3 nitrogen and oxygen atoms in total. The average Bonchev–Trinajstić information content (AvgIpc) is 2.78. The number of nitrogens with zero attached hydrogens (tertiary/aromatic N) is 1. The summed E-state index contributed by atoms with van der Waals surface area (Å²) >= 11 is 6.15. The molecule has 1 amide bonds. The molecule has 0 bridgehead atoms. The van der Waals surface area contributed by atoms with Gasteiger partial charge >= 0.3 is 0 Å². The van der Waals surface area contributed by atoms with Gasteiger partial charge in [-0.3, -0.25) is 4.79 Å². The third-order valence-corrected chi connectivity index (χ3v) is 6.81. The molecule has 4 rings (SSSR count). The second kappa shape index (κ2) is 8.63. The normalized spacial score (nSPS) is 19.3.